The highest BCUT2D eigenvalue weighted by Crippen LogP contribution is 2.32. The monoisotopic (exact) mass is 263 g/mol. The van der Waals surface area contributed by atoms with Gasteiger partial charge in [0.1, 0.15) is 0 Å². The Morgan fingerprint density at radius 2 is 2.05 bits per heavy atom. The summed E-state index contributed by atoms with van der Waals surface area (Å²) in [5, 5.41) is 0. The number of nitrogen functional groups attached to an aromatic ring is 1. The Bertz CT molecular complexity index is 414. The third-order valence-electron chi connectivity index (χ3n) is 3.69. The molecule has 0 spiro atoms. The van der Waals surface area contributed by atoms with Crippen molar-refractivity contribution in [3.05, 3.63) is 12.1 Å². The fourth-order valence-electron chi connectivity index (χ4n) is 2.80. The van der Waals surface area contributed by atoms with Gasteiger partial charge in [0.15, 0.2) is 5.82 Å². The van der Waals surface area contributed by atoms with Crippen molar-refractivity contribution < 1.29 is 4.74 Å². The minimum atomic E-state index is 0.573. The zero-order chi connectivity index (χ0) is 13.8. The summed E-state index contributed by atoms with van der Waals surface area (Å²) in [6.07, 6.45) is 5.10. The number of hydrogen-bond acceptors (Lipinski definition) is 4. The van der Waals surface area contributed by atoms with Crippen LogP contribution in [0, 0.1) is 5.92 Å². The zero-order valence-corrected chi connectivity index (χ0v) is 12.2. The van der Waals surface area contributed by atoms with Crippen molar-refractivity contribution in [3.8, 4) is 5.88 Å². The number of nitrogens with two attached hydrogens (primary N) is 1. The first-order chi connectivity index (χ1) is 9.11. The van der Waals surface area contributed by atoms with E-state index in [1.54, 1.807) is 7.11 Å². The molecule has 0 unspecified atom stereocenters. The molecule has 4 heteroatoms. The molecule has 4 nitrogen and oxygen atoms in total. The Morgan fingerprint density at radius 3 is 2.63 bits per heavy atom. The normalized spacial score (nSPS) is 16.0. The van der Waals surface area contributed by atoms with E-state index in [1.807, 2.05) is 12.1 Å². The van der Waals surface area contributed by atoms with E-state index in [0.29, 0.717) is 17.8 Å². The van der Waals surface area contributed by atoms with Crippen LogP contribution in [0.2, 0.25) is 0 Å². The van der Waals surface area contributed by atoms with E-state index < -0.39 is 0 Å². The summed E-state index contributed by atoms with van der Waals surface area (Å²) in [7, 11) is 1.64. The van der Waals surface area contributed by atoms with Gasteiger partial charge in [-0.2, -0.15) is 4.98 Å². The first-order valence-corrected chi connectivity index (χ1v) is 7.19. The van der Waals surface area contributed by atoms with Crippen LogP contribution in [0.1, 0.15) is 39.5 Å². The lowest BCUT2D eigenvalue weighted by molar-refractivity contribution is 0.397. The average Bonchev–Trinajstić information content (AvgIpc) is 2.90. The highest BCUT2D eigenvalue weighted by atomic mass is 16.5. The molecule has 0 atom stereocenters. The molecule has 1 aromatic rings. The topological polar surface area (TPSA) is 51.4 Å². The van der Waals surface area contributed by atoms with E-state index in [1.165, 1.54) is 25.7 Å². The molecule has 1 aromatic heterocycles. The van der Waals surface area contributed by atoms with Crippen LogP contribution in [-0.4, -0.2) is 24.7 Å². The molecule has 0 aromatic carbocycles. The van der Waals surface area contributed by atoms with Crippen LogP contribution in [-0.2, 0) is 0 Å². The summed E-state index contributed by atoms with van der Waals surface area (Å²) in [5.41, 5.74) is 6.87. The number of methoxy groups -OCH3 is 1. The van der Waals surface area contributed by atoms with Crippen molar-refractivity contribution in [2.75, 3.05) is 24.3 Å². The van der Waals surface area contributed by atoms with Crippen molar-refractivity contribution in [1.82, 2.24) is 4.98 Å². The summed E-state index contributed by atoms with van der Waals surface area (Å²) in [4.78, 5) is 6.95. The third kappa shape index (κ3) is 3.31. The van der Waals surface area contributed by atoms with Gasteiger partial charge < -0.3 is 15.4 Å². The number of ether oxygens (including phenoxy) is 1. The van der Waals surface area contributed by atoms with Crippen molar-refractivity contribution in [2.24, 2.45) is 5.92 Å². The lowest BCUT2D eigenvalue weighted by Crippen LogP contribution is -2.37. The maximum absolute atomic E-state index is 6.13. The van der Waals surface area contributed by atoms with Crippen molar-refractivity contribution in [1.29, 1.82) is 0 Å². The van der Waals surface area contributed by atoms with Gasteiger partial charge in [0, 0.05) is 18.7 Å². The molecule has 1 aliphatic carbocycles. The van der Waals surface area contributed by atoms with E-state index in [-0.39, 0.29) is 0 Å². The number of hydrogen-bond donors (Lipinski definition) is 1. The van der Waals surface area contributed by atoms with E-state index in [9.17, 15) is 0 Å². The maximum Gasteiger partial charge on any atom is 0.215 e. The highest BCUT2D eigenvalue weighted by molar-refractivity contribution is 5.64. The van der Waals surface area contributed by atoms with E-state index in [4.69, 9.17) is 10.5 Å². The average molecular weight is 263 g/mol. The zero-order valence-electron chi connectivity index (χ0n) is 12.2. The van der Waals surface area contributed by atoms with Crippen molar-refractivity contribution >= 4 is 11.5 Å². The summed E-state index contributed by atoms with van der Waals surface area (Å²) < 4.78 is 5.23. The second-order valence-electron chi connectivity index (χ2n) is 5.75. The van der Waals surface area contributed by atoms with Gasteiger partial charge in [-0.3, -0.25) is 0 Å². The number of nitrogens with zero attached hydrogens (tertiary/aromatic N) is 2. The summed E-state index contributed by atoms with van der Waals surface area (Å²) in [6.45, 7) is 5.46. The largest absolute Gasteiger partial charge is 0.481 e. The number of anilines is 2. The minimum absolute atomic E-state index is 0.573. The molecule has 0 aliphatic heterocycles. The molecule has 0 amide bonds. The smallest absolute Gasteiger partial charge is 0.215 e. The lowest BCUT2D eigenvalue weighted by atomic mass is 10.1. The van der Waals surface area contributed by atoms with Crippen molar-refractivity contribution in [3.63, 3.8) is 0 Å². The van der Waals surface area contributed by atoms with Crippen LogP contribution in [0.15, 0.2) is 12.1 Å². The molecule has 106 valence electrons. The van der Waals surface area contributed by atoms with Gasteiger partial charge in [0.25, 0.3) is 0 Å². The quantitative estimate of drug-likeness (QED) is 0.887. The SMILES string of the molecule is COc1ccc(N)c(N(CC(C)C)C2CCCC2)n1. The highest BCUT2D eigenvalue weighted by Gasteiger charge is 2.26. The second-order valence-corrected chi connectivity index (χ2v) is 5.75. The number of aromatic nitrogens is 1. The Hall–Kier alpha value is -1.45. The standard InChI is InChI=1S/C15H25N3O/c1-11(2)10-18(12-6-4-5-7-12)15-13(16)8-9-14(17-15)19-3/h8-9,11-12H,4-7,10,16H2,1-3H3. The molecule has 0 radical (unpaired) electrons. The third-order valence-corrected chi connectivity index (χ3v) is 3.69. The van der Waals surface area contributed by atoms with Crippen LogP contribution in [0.25, 0.3) is 0 Å². The Balaban J connectivity index is 2.30. The second kappa shape index (κ2) is 6.13. The fraction of sp³-hybridized carbons (Fsp3) is 0.667. The predicted molar refractivity (Wildman–Crippen MR) is 79.6 cm³/mol. The predicted octanol–water partition coefficient (Wildman–Crippen LogP) is 3.08. The first-order valence-electron chi connectivity index (χ1n) is 7.19. The van der Waals surface area contributed by atoms with Crippen LogP contribution < -0.4 is 15.4 Å². The molecule has 1 aliphatic rings. The summed E-state index contributed by atoms with van der Waals surface area (Å²) >= 11 is 0. The molecule has 1 saturated carbocycles. The summed E-state index contributed by atoms with van der Waals surface area (Å²) in [5.74, 6) is 2.11. The van der Waals surface area contributed by atoms with Crippen LogP contribution in [0.4, 0.5) is 11.5 Å². The maximum atomic E-state index is 6.13. The van der Waals surface area contributed by atoms with Gasteiger partial charge in [-0.25, -0.2) is 0 Å². The van der Waals surface area contributed by atoms with E-state index in [0.717, 1.165) is 18.1 Å². The van der Waals surface area contributed by atoms with E-state index in [2.05, 4.69) is 23.7 Å². The van der Waals surface area contributed by atoms with Gasteiger partial charge >= 0.3 is 0 Å². The molecule has 2 rings (SSSR count). The van der Waals surface area contributed by atoms with Gasteiger partial charge in [-0.05, 0) is 24.8 Å². The Labute approximate surface area is 116 Å². The van der Waals surface area contributed by atoms with Crippen LogP contribution in [0.3, 0.4) is 0 Å². The molecule has 1 heterocycles. The van der Waals surface area contributed by atoms with Gasteiger partial charge in [-0.15, -0.1) is 0 Å². The number of rotatable bonds is 5. The Kier molecular flexibility index (Phi) is 4.51. The van der Waals surface area contributed by atoms with Gasteiger partial charge in [-0.1, -0.05) is 26.7 Å². The lowest BCUT2D eigenvalue weighted by Gasteiger charge is -2.32. The molecule has 0 bridgehead atoms. The first kappa shape index (κ1) is 14.0. The fourth-order valence-corrected chi connectivity index (χ4v) is 2.80. The Morgan fingerprint density at radius 1 is 1.37 bits per heavy atom. The molecular weight excluding hydrogens is 238 g/mol. The molecular formula is C15H25N3O. The van der Waals surface area contributed by atoms with Crippen LogP contribution >= 0.6 is 0 Å². The number of pyridine rings is 1. The molecule has 1 fully saturated rings. The van der Waals surface area contributed by atoms with Crippen LogP contribution in [0.5, 0.6) is 5.88 Å². The van der Waals surface area contributed by atoms with Crippen molar-refractivity contribution in [2.45, 2.75) is 45.6 Å². The molecule has 0 saturated heterocycles. The molecule has 19 heavy (non-hydrogen) atoms. The summed E-state index contributed by atoms with van der Waals surface area (Å²) in [6, 6.07) is 4.29. The van der Waals surface area contributed by atoms with Gasteiger partial charge in [0.2, 0.25) is 5.88 Å². The molecule has 2 N–H and O–H groups in total. The van der Waals surface area contributed by atoms with Gasteiger partial charge in [0.05, 0.1) is 12.8 Å². The van der Waals surface area contributed by atoms with E-state index >= 15 is 0 Å². The minimum Gasteiger partial charge on any atom is -0.481 e.